The first kappa shape index (κ1) is 17.3. The van der Waals surface area contributed by atoms with Gasteiger partial charge in [-0.2, -0.15) is 0 Å². The van der Waals surface area contributed by atoms with Crippen LogP contribution in [0, 0.1) is 0 Å². The summed E-state index contributed by atoms with van der Waals surface area (Å²) in [5, 5.41) is 4.19. The molecule has 0 radical (unpaired) electrons. The van der Waals surface area contributed by atoms with E-state index in [1.54, 1.807) is 0 Å². The zero-order chi connectivity index (χ0) is 15.0. The third kappa shape index (κ3) is 6.15. The first-order valence-electron chi connectivity index (χ1n) is 7.58. The molecule has 1 N–H and O–H groups in total. The second kappa shape index (κ2) is 8.53. The molecule has 0 aliphatic heterocycles. The van der Waals surface area contributed by atoms with Gasteiger partial charge in [-0.1, -0.05) is 45.7 Å². The molecule has 20 heavy (non-hydrogen) atoms. The van der Waals surface area contributed by atoms with E-state index in [9.17, 15) is 0 Å². The van der Waals surface area contributed by atoms with Crippen molar-refractivity contribution in [3.05, 3.63) is 28.8 Å². The molecule has 114 valence electrons. The van der Waals surface area contributed by atoms with Crippen LogP contribution in [0.5, 0.6) is 5.75 Å². The highest BCUT2D eigenvalue weighted by molar-refractivity contribution is 6.30. The Morgan fingerprint density at radius 2 is 1.85 bits per heavy atom. The molecule has 0 saturated carbocycles. The number of nitrogens with one attached hydrogen (secondary N) is 1. The van der Waals surface area contributed by atoms with Crippen LogP contribution in [0.4, 0.5) is 0 Å². The average Bonchev–Trinajstić information content (AvgIpc) is 2.38. The van der Waals surface area contributed by atoms with Crippen LogP contribution < -0.4 is 10.1 Å². The minimum atomic E-state index is 0.0413. The van der Waals surface area contributed by atoms with Gasteiger partial charge < -0.3 is 10.1 Å². The van der Waals surface area contributed by atoms with Crippen molar-refractivity contribution < 1.29 is 4.74 Å². The summed E-state index contributed by atoms with van der Waals surface area (Å²) in [6.07, 6.45) is 3.51. The maximum atomic E-state index is 6.09. The van der Waals surface area contributed by atoms with Crippen LogP contribution in [0.3, 0.4) is 0 Å². The quantitative estimate of drug-likeness (QED) is 0.696. The molecular formula is C17H28ClNO. The SMILES string of the molecule is CCCCNCCCOc1ccc(Cl)cc1C(C)(C)C. The summed E-state index contributed by atoms with van der Waals surface area (Å²) >= 11 is 6.09. The molecule has 1 rings (SSSR count). The number of hydrogen-bond acceptors (Lipinski definition) is 2. The lowest BCUT2D eigenvalue weighted by atomic mass is 9.86. The fourth-order valence-corrected chi connectivity index (χ4v) is 2.19. The summed E-state index contributed by atoms with van der Waals surface area (Å²) in [4.78, 5) is 0. The van der Waals surface area contributed by atoms with Crippen molar-refractivity contribution in [3.8, 4) is 5.75 Å². The first-order chi connectivity index (χ1) is 9.45. The van der Waals surface area contributed by atoms with Crippen LogP contribution in [0.25, 0.3) is 0 Å². The van der Waals surface area contributed by atoms with Crippen molar-refractivity contribution in [1.29, 1.82) is 0 Å². The minimum absolute atomic E-state index is 0.0413. The highest BCUT2D eigenvalue weighted by atomic mass is 35.5. The van der Waals surface area contributed by atoms with Gasteiger partial charge in [0.25, 0.3) is 0 Å². The van der Waals surface area contributed by atoms with Gasteiger partial charge in [-0.15, -0.1) is 0 Å². The van der Waals surface area contributed by atoms with Crippen molar-refractivity contribution in [3.63, 3.8) is 0 Å². The van der Waals surface area contributed by atoms with Gasteiger partial charge in [0.1, 0.15) is 5.75 Å². The van der Waals surface area contributed by atoms with Gasteiger partial charge in [-0.25, -0.2) is 0 Å². The molecule has 0 bridgehead atoms. The first-order valence-corrected chi connectivity index (χ1v) is 7.96. The molecule has 0 heterocycles. The van der Waals surface area contributed by atoms with Gasteiger partial charge in [-0.3, -0.25) is 0 Å². The van der Waals surface area contributed by atoms with Crippen LogP contribution in [-0.2, 0) is 5.41 Å². The molecule has 0 aliphatic rings. The second-order valence-electron chi connectivity index (χ2n) is 6.20. The number of ether oxygens (including phenoxy) is 1. The third-order valence-corrected chi connectivity index (χ3v) is 3.45. The fourth-order valence-electron chi connectivity index (χ4n) is 2.02. The largest absolute Gasteiger partial charge is 0.493 e. The Bertz CT molecular complexity index is 398. The smallest absolute Gasteiger partial charge is 0.123 e. The van der Waals surface area contributed by atoms with E-state index >= 15 is 0 Å². The monoisotopic (exact) mass is 297 g/mol. The Morgan fingerprint density at radius 3 is 2.50 bits per heavy atom. The molecule has 1 aromatic carbocycles. The van der Waals surface area contributed by atoms with E-state index in [-0.39, 0.29) is 5.41 Å². The minimum Gasteiger partial charge on any atom is -0.493 e. The van der Waals surface area contributed by atoms with Gasteiger partial charge in [0, 0.05) is 10.6 Å². The molecule has 0 atom stereocenters. The number of benzene rings is 1. The van der Waals surface area contributed by atoms with Crippen molar-refractivity contribution in [2.75, 3.05) is 19.7 Å². The van der Waals surface area contributed by atoms with E-state index in [2.05, 4.69) is 33.0 Å². The zero-order valence-electron chi connectivity index (χ0n) is 13.3. The summed E-state index contributed by atoms with van der Waals surface area (Å²) in [6.45, 7) is 11.6. The average molecular weight is 298 g/mol. The molecule has 0 amide bonds. The molecule has 0 unspecified atom stereocenters. The number of unbranched alkanes of at least 4 members (excludes halogenated alkanes) is 1. The summed E-state index contributed by atoms with van der Waals surface area (Å²) in [7, 11) is 0. The van der Waals surface area contributed by atoms with Crippen LogP contribution >= 0.6 is 11.6 Å². The van der Waals surface area contributed by atoms with Gasteiger partial charge in [0.2, 0.25) is 0 Å². The second-order valence-corrected chi connectivity index (χ2v) is 6.63. The molecule has 0 aliphatic carbocycles. The molecule has 0 saturated heterocycles. The van der Waals surface area contributed by atoms with Gasteiger partial charge in [0.15, 0.2) is 0 Å². The number of hydrogen-bond donors (Lipinski definition) is 1. The van der Waals surface area contributed by atoms with Gasteiger partial charge in [0.05, 0.1) is 6.61 Å². The maximum Gasteiger partial charge on any atom is 0.123 e. The Balaban J connectivity index is 2.44. The molecular weight excluding hydrogens is 270 g/mol. The van der Waals surface area contributed by atoms with Crippen molar-refractivity contribution in [1.82, 2.24) is 5.32 Å². The van der Waals surface area contributed by atoms with Crippen LogP contribution in [-0.4, -0.2) is 19.7 Å². The molecule has 0 aromatic heterocycles. The van der Waals surface area contributed by atoms with E-state index in [0.717, 1.165) is 36.9 Å². The Labute approximate surface area is 128 Å². The van der Waals surface area contributed by atoms with Crippen LogP contribution in [0.1, 0.15) is 52.5 Å². The molecule has 0 spiro atoms. The molecule has 3 heteroatoms. The van der Waals surface area contributed by atoms with Crippen molar-refractivity contribution in [2.45, 2.75) is 52.4 Å². The van der Waals surface area contributed by atoms with Gasteiger partial charge >= 0.3 is 0 Å². The summed E-state index contributed by atoms with van der Waals surface area (Å²) < 4.78 is 5.93. The highest BCUT2D eigenvalue weighted by Crippen LogP contribution is 2.33. The van der Waals surface area contributed by atoms with Crippen LogP contribution in [0.15, 0.2) is 18.2 Å². The summed E-state index contributed by atoms with van der Waals surface area (Å²) in [5.41, 5.74) is 1.21. The number of halogens is 1. The summed E-state index contributed by atoms with van der Waals surface area (Å²) in [6, 6.07) is 5.88. The van der Waals surface area contributed by atoms with E-state index in [1.165, 1.54) is 18.4 Å². The van der Waals surface area contributed by atoms with E-state index in [1.807, 2.05) is 18.2 Å². The normalized spacial score (nSPS) is 11.7. The number of rotatable bonds is 8. The Kier molecular flexibility index (Phi) is 7.39. The standard InChI is InChI=1S/C17H28ClNO/c1-5-6-10-19-11-7-12-20-16-9-8-14(18)13-15(16)17(2,3)4/h8-9,13,19H,5-7,10-12H2,1-4H3. The van der Waals surface area contributed by atoms with E-state index in [0.29, 0.717) is 0 Å². The molecule has 2 nitrogen and oxygen atoms in total. The maximum absolute atomic E-state index is 6.09. The van der Waals surface area contributed by atoms with Crippen molar-refractivity contribution in [2.24, 2.45) is 0 Å². The Morgan fingerprint density at radius 1 is 1.15 bits per heavy atom. The predicted octanol–water partition coefficient (Wildman–Crippen LogP) is 4.80. The van der Waals surface area contributed by atoms with Crippen LogP contribution in [0.2, 0.25) is 5.02 Å². The Hall–Kier alpha value is -0.730. The highest BCUT2D eigenvalue weighted by Gasteiger charge is 2.19. The lowest BCUT2D eigenvalue weighted by molar-refractivity contribution is 0.300. The molecule has 1 aromatic rings. The zero-order valence-corrected chi connectivity index (χ0v) is 14.0. The predicted molar refractivity (Wildman–Crippen MR) is 88.0 cm³/mol. The van der Waals surface area contributed by atoms with E-state index in [4.69, 9.17) is 16.3 Å². The van der Waals surface area contributed by atoms with Gasteiger partial charge in [-0.05, 0) is 49.5 Å². The molecule has 0 fully saturated rings. The summed E-state index contributed by atoms with van der Waals surface area (Å²) in [5.74, 6) is 0.954. The lowest BCUT2D eigenvalue weighted by Crippen LogP contribution is -2.19. The lowest BCUT2D eigenvalue weighted by Gasteiger charge is -2.23. The third-order valence-electron chi connectivity index (χ3n) is 3.21. The van der Waals surface area contributed by atoms with Crippen molar-refractivity contribution >= 4 is 11.6 Å². The fraction of sp³-hybridized carbons (Fsp3) is 0.647. The van der Waals surface area contributed by atoms with E-state index < -0.39 is 0 Å². The topological polar surface area (TPSA) is 21.3 Å².